The van der Waals surface area contributed by atoms with Gasteiger partial charge in [0.05, 0.1) is 18.1 Å². The maximum Gasteiger partial charge on any atom is 0.0898 e. The van der Waals surface area contributed by atoms with Crippen LogP contribution in [0.15, 0.2) is 9.98 Å². The van der Waals surface area contributed by atoms with Crippen molar-refractivity contribution in [2.45, 2.75) is 96.6 Å². The zero-order valence-corrected chi connectivity index (χ0v) is 12.8. The predicted molar refractivity (Wildman–Crippen MR) is 82.0 cm³/mol. The average Bonchev–Trinajstić information content (AvgIpc) is 2.49. The van der Waals surface area contributed by atoms with Crippen LogP contribution in [0.2, 0.25) is 0 Å². The molecule has 2 rings (SSSR count). The minimum Gasteiger partial charge on any atom is -0.222 e. The van der Waals surface area contributed by atoms with Gasteiger partial charge in [-0.2, -0.15) is 0 Å². The summed E-state index contributed by atoms with van der Waals surface area (Å²) in [6.07, 6.45) is 14.4. The van der Waals surface area contributed by atoms with Gasteiger partial charge in [0.15, 0.2) is 0 Å². The summed E-state index contributed by atoms with van der Waals surface area (Å²) in [7, 11) is 0. The van der Waals surface area contributed by atoms with Crippen molar-refractivity contribution in [3.63, 3.8) is 0 Å². The minimum atomic E-state index is 0.499. The number of hydrogen-bond acceptors (Lipinski definition) is 2. The first-order chi connectivity index (χ1) is 9.28. The van der Waals surface area contributed by atoms with E-state index in [4.69, 9.17) is 0 Å². The van der Waals surface area contributed by atoms with Gasteiger partial charge in [-0.05, 0) is 43.9 Å². The van der Waals surface area contributed by atoms with Crippen molar-refractivity contribution in [1.29, 1.82) is 0 Å². The first-order valence-corrected chi connectivity index (χ1v) is 8.43. The van der Waals surface area contributed by atoms with Crippen molar-refractivity contribution in [3.8, 4) is 0 Å². The van der Waals surface area contributed by atoms with E-state index in [-0.39, 0.29) is 0 Å². The molecule has 2 heteroatoms. The Balaban J connectivity index is 1.79. The highest BCUT2D eigenvalue weighted by atomic mass is 14.9. The lowest BCUT2D eigenvalue weighted by atomic mass is 9.69. The van der Waals surface area contributed by atoms with Crippen molar-refractivity contribution in [2.24, 2.45) is 15.4 Å². The number of hydrogen-bond donors (Lipinski definition) is 0. The van der Waals surface area contributed by atoms with E-state index >= 15 is 0 Å². The third-order valence-corrected chi connectivity index (χ3v) is 5.57. The van der Waals surface area contributed by atoms with E-state index in [1.807, 2.05) is 0 Å². The van der Waals surface area contributed by atoms with E-state index in [1.165, 1.54) is 70.6 Å². The number of aliphatic imine (C=N–C) groups is 2. The molecule has 0 unspecified atom stereocenters. The second-order valence-corrected chi connectivity index (χ2v) is 6.59. The van der Waals surface area contributed by atoms with Crippen LogP contribution in [-0.4, -0.2) is 18.1 Å². The summed E-state index contributed by atoms with van der Waals surface area (Å²) in [6.45, 7) is 4.69. The van der Waals surface area contributed by atoms with Gasteiger partial charge in [0.25, 0.3) is 0 Å². The molecule has 108 valence electrons. The van der Waals surface area contributed by atoms with Crippen LogP contribution in [0.3, 0.4) is 0 Å². The summed E-state index contributed by atoms with van der Waals surface area (Å²) in [5.41, 5.74) is 0.618. The molecule has 0 radical (unpaired) electrons. The lowest BCUT2D eigenvalue weighted by Crippen LogP contribution is -2.27. The molecule has 0 atom stereocenters. The topological polar surface area (TPSA) is 24.7 Å². The Hall–Kier alpha value is -0.620. The van der Waals surface area contributed by atoms with Gasteiger partial charge in [0, 0.05) is 0 Å². The molecule has 2 fully saturated rings. The minimum absolute atomic E-state index is 0.499. The van der Waals surface area contributed by atoms with E-state index in [0.29, 0.717) is 17.5 Å². The normalized spacial score (nSPS) is 24.7. The number of rotatable bonds is 4. The van der Waals surface area contributed by atoms with Crippen molar-refractivity contribution < 1.29 is 0 Å². The summed E-state index contributed by atoms with van der Waals surface area (Å²) < 4.78 is 0. The average molecular weight is 262 g/mol. The summed E-state index contributed by atoms with van der Waals surface area (Å²) in [4.78, 5) is 9.13. The fraction of sp³-hybridized carbons (Fsp3) is 0.941. The van der Waals surface area contributed by atoms with E-state index in [9.17, 15) is 0 Å². The van der Waals surface area contributed by atoms with Crippen LogP contribution in [0.4, 0.5) is 0 Å². The van der Waals surface area contributed by atoms with Crippen LogP contribution in [-0.2, 0) is 0 Å². The van der Waals surface area contributed by atoms with Gasteiger partial charge in [-0.25, -0.2) is 9.98 Å². The highest BCUT2D eigenvalue weighted by molar-refractivity contribution is 5.42. The summed E-state index contributed by atoms with van der Waals surface area (Å²) in [5, 5.41) is 0. The van der Waals surface area contributed by atoms with Gasteiger partial charge < -0.3 is 0 Å². The predicted octanol–water partition coefficient (Wildman–Crippen LogP) is 5.24. The largest absolute Gasteiger partial charge is 0.222 e. The molecule has 0 spiro atoms. The molecular weight excluding hydrogens is 232 g/mol. The number of nitrogens with zero attached hydrogens (tertiary/aromatic N) is 2. The molecular formula is C17H30N2. The molecule has 0 N–H and O–H groups in total. The molecule has 0 aromatic heterocycles. The van der Waals surface area contributed by atoms with Gasteiger partial charge >= 0.3 is 0 Å². The molecule has 2 saturated carbocycles. The summed E-state index contributed by atoms with van der Waals surface area (Å²) >= 11 is 0. The van der Waals surface area contributed by atoms with Crippen molar-refractivity contribution >= 4 is 6.01 Å². The quantitative estimate of drug-likeness (QED) is 0.619. The van der Waals surface area contributed by atoms with Crippen LogP contribution in [0, 0.1) is 5.41 Å². The Labute approximate surface area is 118 Å². The molecule has 0 aromatic rings. The first-order valence-electron chi connectivity index (χ1n) is 8.43. The third kappa shape index (κ3) is 4.18. The van der Waals surface area contributed by atoms with Crippen LogP contribution in [0.25, 0.3) is 0 Å². The Morgan fingerprint density at radius 3 is 1.89 bits per heavy atom. The van der Waals surface area contributed by atoms with Crippen LogP contribution >= 0.6 is 0 Å². The fourth-order valence-electron chi connectivity index (χ4n) is 3.71. The van der Waals surface area contributed by atoms with Crippen LogP contribution in [0.5, 0.6) is 0 Å². The summed E-state index contributed by atoms with van der Waals surface area (Å²) in [6, 6.07) is 4.06. The molecule has 2 nitrogen and oxygen atoms in total. The van der Waals surface area contributed by atoms with E-state index < -0.39 is 0 Å². The molecule has 2 aliphatic rings. The molecule has 0 aliphatic heterocycles. The molecule has 0 bridgehead atoms. The third-order valence-electron chi connectivity index (χ3n) is 5.57. The lowest BCUT2D eigenvalue weighted by molar-refractivity contribution is 0.161. The first kappa shape index (κ1) is 14.8. The van der Waals surface area contributed by atoms with Crippen molar-refractivity contribution in [3.05, 3.63) is 0 Å². The molecule has 0 saturated heterocycles. The zero-order valence-electron chi connectivity index (χ0n) is 12.8. The van der Waals surface area contributed by atoms with E-state index in [0.717, 1.165) is 0 Å². The van der Waals surface area contributed by atoms with Crippen molar-refractivity contribution in [1.82, 2.24) is 0 Å². The fourth-order valence-corrected chi connectivity index (χ4v) is 3.71. The van der Waals surface area contributed by atoms with Crippen LogP contribution in [0.1, 0.15) is 84.5 Å². The van der Waals surface area contributed by atoms with E-state index in [1.54, 1.807) is 0 Å². The van der Waals surface area contributed by atoms with Gasteiger partial charge in [-0.3, -0.25) is 0 Å². The Kier molecular flexibility index (Phi) is 5.63. The van der Waals surface area contributed by atoms with Crippen LogP contribution < -0.4 is 0 Å². The SMILES string of the molecule is CCC1(CC)CCC(N=C=NC2CCCCC2)CC1. The summed E-state index contributed by atoms with van der Waals surface area (Å²) in [5.74, 6) is 0. The van der Waals surface area contributed by atoms with Crippen molar-refractivity contribution in [2.75, 3.05) is 0 Å². The van der Waals surface area contributed by atoms with Gasteiger partial charge in [0.2, 0.25) is 0 Å². The van der Waals surface area contributed by atoms with Gasteiger partial charge in [-0.15, -0.1) is 0 Å². The maximum atomic E-state index is 4.59. The van der Waals surface area contributed by atoms with Gasteiger partial charge in [-0.1, -0.05) is 46.0 Å². The lowest BCUT2D eigenvalue weighted by Gasteiger charge is -2.37. The molecule has 0 heterocycles. The second kappa shape index (κ2) is 7.24. The molecule has 0 aromatic carbocycles. The Morgan fingerprint density at radius 1 is 0.842 bits per heavy atom. The maximum absolute atomic E-state index is 4.59. The Bertz CT molecular complexity index is 308. The standard InChI is InChI=1S/C17H30N2/c1-3-17(4-2)12-10-16(11-13-17)19-14-18-15-8-6-5-7-9-15/h15-16H,3-13H2,1-2H3. The molecule has 0 amide bonds. The Morgan fingerprint density at radius 2 is 1.37 bits per heavy atom. The molecule has 2 aliphatic carbocycles. The monoisotopic (exact) mass is 262 g/mol. The highest BCUT2D eigenvalue weighted by Crippen LogP contribution is 2.42. The smallest absolute Gasteiger partial charge is 0.0898 e. The molecule has 19 heavy (non-hydrogen) atoms. The highest BCUT2D eigenvalue weighted by Gasteiger charge is 2.31. The van der Waals surface area contributed by atoms with Gasteiger partial charge in [0.1, 0.15) is 0 Å². The second-order valence-electron chi connectivity index (χ2n) is 6.59. The van der Waals surface area contributed by atoms with E-state index in [2.05, 4.69) is 29.8 Å². The zero-order chi connectivity index (χ0) is 13.6.